The molecule has 1 aliphatic heterocycles. The van der Waals surface area contributed by atoms with Gasteiger partial charge in [0.1, 0.15) is 31.5 Å². The van der Waals surface area contributed by atoms with Crippen LogP contribution in [0.15, 0.2) is 37.0 Å². The number of aliphatic hydroxyl groups excluding tert-OH is 3. The highest BCUT2D eigenvalue weighted by Gasteiger charge is 2.35. The Morgan fingerprint density at radius 1 is 0.733 bits per heavy atom. The van der Waals surface area contributed by atoms with Gasteiger partial charge in [-0.25, -0.2) is 35.2 Å². The maximum absolute atomic E-state index is 12.2. The first-order valence-electron chi connectivity index (χ1n) is 22.0. The monoisotopic (exact) mass is 1360 g/mol. The van der Waals surface area contributed by atoms with Crippen molar-refractivity contribution >= 4 is 131 Å². The molecule has 30 heteroatoms. The van der Waals surface area contributed by atoms with Crippen LogP contribution in [0.1, 0.15) is 129 Å². The van der Waals surface area contributed by atoms with Crippen LogP contribution >= 0.6 is 84.4 Å². The fourth-order valence-corrected chi connectivity index (χ4v) is 8.52. The van der Waals surface area contributed by atoms with Crippen LogP contribution in [-0.4, -0.2) is 138 Å². The van der Waals surface area contributed by atoms with Crippen molar-refractivity contribution in [3.8, 4) is 0 Å². The number of halogens is 5. The molecule has 24 nitrogen and oxygen atoms in total. The number of amides is 1. The second kappa shape index (κ2) is 42.8. The Balaban J connectivity index is -0.000000287. The van der Waals surface area contributed by atoms with Gasteiger partial charge in [0.25, 0.3) is 0 Å². The number of rotatable bonds is 12. The van der Waals surface area contributed by atoms with Crippen LogP contribution in [0.5, 0.6) is 0 Å². The molecule has 4 heterocycles. The molecule has 0 radical (unpaired) electrons. The fourth-order valence-electron chi connectivity index (χ4n) is 7.02. The molecule has 3 aliphatic carbocycles. The minimum atomic E-state index is -3.04. The van der Waals surface area contributed by atoms with Gasteiger partial charge in [0.15, 0.2) is 29.1 Å². The Kier molecular flexibility index (Phi) is 44.8. The van der Waals surface area contributed by atoms with E-state index >= 15 is 0 Å². The Morgan fingerprint density at radius 3 is 1.63 bits per heavy atom. The van der Waals surface area contributed by atoms with Gasteiger partial charge in [-0.2, -0.15) is 0 Å². The SMILES string of the molecule is C.C.C.C.C.CCOC(=O)CNc1ncc(Br)nc1Br.CCOC(=O)CNc1ncc(Br)nc1NC1CCC(O)CC1.Cl.NC1CCC(O)CC1.O=C1CNc2ncc(Br)nc2N1C1CCC(O)CC1.O=[P+]([O-])OO.[HH]. The van der Waals surface area contributed by atoms with Gasteiger partial charge in [-0.15, -0.1) is 12.4 Å². The summed E-state index contributed by atoms with van der Waals surface area (Å²) in [4.78, 5) is 70.7. The van der Waals surface area contributed by atoms with Gasteiger partial charge in [-0.1, -0.05) is 37.1 Å². The second-order valence-corrected chi connectivity index (χ2v) is 19.3. The van der Waals surface area contributed by atoms with Crippen LogP contribution in [0.25, 0.3) is 0 Å². The van der Waals surface area contributed by atoms with E-state index in [0.29, 0.717) is 66.8 Å². The zero-order valence-electron chi connectivity index (χ0n) is 38.3. The number of nitrogens with one attached hydrogen (secondary N) is 4. The number of hydrogen-bond acceptors (Lipinski definition) is 23. The van der Waals surface area contributed by atoms with Crippen LogP contribution in [0, 0.1) is 0 Å². The predicted molar refractivity (Wildman–Crippen MR) is 310 cm³/mol. The zero-order valence-corrected chi connectivity index (χ0v) is 46.4. The van der Waals surface area contributed by atoms with Gasteiger partial charge in [-0.05, 0) is 159 Å². The summed E-state index contributed by atoms with van der Waals surface area (Å²) in [5.74, 6) is 2.21. The van der Waals surface area contributed by atoms with Gasteiger partial charge >= 0.3 is 20.2 Å². The summed E-state index contributed by atoms with van der Waals surface area (Å²) in [6.07, 6.45) is 14.5. The van der Waals surface area contributed by atoms with Gasteiger partial charge in [0.05, 0.1) is 56.7 Å². The topological polar surface area (TPSA) is 355 Å². The van der Waals surface area contributed by atoms with Gasteiger partial charge < -0.3 is 56.7 Å². The number of esters is 2. The summed E-state index contributed by atoms with van der Waals surface area (Å²) in [5, 5.41) is 47.2. The number of anilines is 5. The summed E-state index contributed by atoms with van der Waals surface area (Å²) in [6.45, 7) is 4.61. The van der Waals surface area contributed by atoms with Crippen LogP contribution in [0.2, 0.25) is 0 Å². The molecular formula is C45H82Br4ClN12O12P. The molecule has 0 aromatic carbocycles. The predicted octanol–water partition coefficient (Wildman–Crippen LogP) is 8.80. The van der Waals surface area contributed by atoms with Crippen LogP contribution in [-0.2, 0) is 33.1 Å². The van der Waals surface area contributed by atoms with Crippen molar-refractivity contribution in [3.63, 3.8) is 0 Å². The number of hydrogen-bond donors (Lipinski definition) is 9. The Bertz CT molecular complexity index is 2080. The number of fused-ring (bicyclic) bond motifs is 1. The van der Waals surface area contributed by atoms with Crippen molar-refractivity contribution in [2.45, 2.75) is 164 Å². The molecule has 3 fully saturated rings. The molecule has 434 valence electrons. The van der Waals surface area contributed by atoms with Gasteiger partial charge in [0, 0.05) is 24.2 Å². The number of nitrogens with zero attached hydrogens (tertiary/aromatic N) is 7. The third-order valence-corrected chi connectivity index (χ3v) is 12.2. The van der Waals surface area contributed by atoms with E-state index in [4.69, 9.17) is 35.0 Å². The standard InChI is InChI=1S/C14H21BrN4O3.C12H15BrN4O2.C8H9Br2N3O2.C6H13NO.5CH4.ClH.HO4P.H2/c1-2-22-12(21)8-17-13-14(19-11(15)7-16-13)18-9-3-5-10(20)6-4-9;13-9-5-14-11-12(16-9)17(10(19)6-15-11)7-1-3-8(18)4-2-7;1-2-15-6(14)4-12-8-7(10)13-5(9)3-11-8;7-5-1-3-6(8)4-2-5;;;;;;;1-4-5(2)3;/h7,9-10,20H,2-6,8H2,1H3,(H,16,17)(H,18,19);5,7-8,18H,1-4,6H2,(H,14,15);3H,2,4H2,1H3,(H,11,12);5-6,8H,1-4,7H2;5*1H4;1H;1H;1H. The second-order valence-electron chi connectivity index (χ2n) is 15.5. The molecule has 3 saturated carbocycles. The summed E-state index contributed by atoms with van der Waals surface area (Å²) >= 11 is 13.0. The van der Waals surface area contributed by atoms with Crippen LogP contribution in [0.4, 0.5) is 29.1 Å². The smallest absolute Gasteiger partial charge is 0.521 e. The maximum Gasteiger partial charge on any atom is 0.521 e. The molecule has 0 bridgehead atoms. The lowest BCUT2D eigenvalue weighted by Gasteiger charge is -2.37. The third kappa shape index (κ3) is 30.6. The number of nitrogens with two attached hydrogens (primary N) is 1. The largest absolute Gasteiger partial charge is 0.565 e. The van der Waals surface area contributed by atoms with E-state index in [9.17, 15) is 24.6 Å². The molecule has 75 heavy (non-hydrogen) atoms. The number of carbonyl (C=O) groups excluding carboxylic acids is 3. The lowest BCUT2D eigenvalue weighted by molar-refractivity contribution is -0.244. The Labute approximate surface area is 484 Å². The highest BCUT2D eigenvalue weighted by atomic mass is 79.9. The van der Waals surface area contributed by atoms with Crippen molar-refractivity contribution in [2.75, 3.05) is 59.0 Å². The van der Waals surface area contributed by atoms with E-state index < -0.39 is 8.25 Å². The van der Waals surface area contributed by atoms with E-state index in [-0.39, 0.29) is 119 Å². The normalized spacial score (nSPS) is 20.0. The molecule has 10 N–H and O–H groups in total. The molecule has 0 spiro atoms. The minimum absolute atomic E-state index is 0. The van der Waals surface area contributed by atoms with Crippen LogP contribution < -0.4 is 36.8 Å². The van der Waals surface area contributed by atoms with Gasteiger partial charge in [0.2, 0.25) is 5.91 Å². The maximum atomic E-state index is 12.2. The molecule has 1 atom stereocenters. The quantitative estimate of drug-likeness (QED) is 0.0354. The average Bonchev–Trinajstić information content (AvgIpc) is 3.31. The summed E-state index contributed by atoms with van der Waals surface area (Å²) in [6, 6.07) is 0.717. The Hall–Kier alpha value is -3.12. The Morgan fingerprint density at radius 2 is 1.16 bits per heavy atom. The van der Waals surface area contributed by atoms with Crippen molar-refractivity contribution in [1.82, 2.24) is 29.9 Å². The van der Waals surface area contributed by atoms with Crippen molar-refractivity contribution in [3.05, 3.63) is 37.0 Å². The van der Waals surface area contributed by atoms with E-state index in [1.165, 1.54) is 6.20 Å². The first-order chi connectivity index (χ1) is 32.9. The molecule has 0 saturated heterocycles. The van der Waals surface area contributed by atoms with Crippen molar-refractivity contribution < 1.29 is 60.0 Å². The summed E-state index contributed by atoms with van der Waals surface area (Å²) in [5.41, 5.74) is 5.59. The molecule has 1 amide bonds. The summed E-state index contributed by atoms with van der Waals surface area (Å²) < 4.78 is 23.7. The minimum Gasteiger partial charge on any atom is -0.565 e. The number of ether oxygens (including phenoxy) is 2. The number of aliphatic hydroxyl groups is 3. The lowest BCUT2D eigenvalue weighted by Crippen LogP contribution is -2.49. The number of carbonyl (C=O) groups is 3. The molecule has 1 unspecified atom stereocenters. The first kappa shape index (κ1) is 78.4. The van der Waals surface area contributed by atoms with Crippen molar-refractivity contribution in [1.29, 1.82) is 0 Å². The van der Waals surface area contributed by atoms with E-state index in [1.807, 2.05) is 0 Å². The fraction of sp³-hybridized carbons (Fsp3) is 0.667. The lowest BCUT2D eigenvalue weighted by atomic mass is 9.91. The van der Waals surface area contributed by atoms with E-state index in [2.05, 4.69) is 120 Å². The molecule has 4 aliphatic rings. The van der Waals surface area contributed by atoms with Crippen LogP contribution in [0.3, 0.4) is 0 Å². The average molecular weight is 1370 g/mol. The molecular weight excluding hydrogens is 1290 g/mol. The molecule has 3 aromatic rings. The zero-order chi connectivity index (χ0) is 50.9. The first-order valence-corrected chi connectivity index (χ1v) is 26.3. The molecule has 7 rings (SSSR count). The van der Waals surface area contributed by atoms with E-state index in [0.717, 1.165) is 77.0 Å². The van der Waals surface area contributed by atoms with E-state index in [1.54, 1.807) is 31.1 Å². The highest BCUT2D eigenvalue weighted by molar-refractivity contribution is 9.11. The number of aromatic nitrogens is 6. The molecule has 3 aromatic heterocycles. The third-order valence-electron chi connectivity index (χ3n) is 10.4. The highest BCUT2D eigenvalue weighted by Crippen LogP contribution is 2.33. The van der Waals surface area contributed by atoms with Crippen molar-refractivity contribution in [2.24, 2.45) is 5.73 Å². The summed E-state index contributed by atoms with van der Waals surface area (Å²) in [7, 11) is -3.04. The van der Waals surface area contributed by atoms with Gasteiger partial charge in [-0.3, -0.25) is 19.3 Å².